The Hall–Kier alpha value is -1.05. The summed E-state index contributed by atoms with van der Waals surface area (Å²) in [5.41, 5.74) is 0.986. The van der Waals surface area contributed by atoms with Crippen LogP contribution < -0.4 is 39.4 Å². The molecule has 0 spiro atoms. The van der Waals surface area contributed by atoms with Gasteiger partial charge < -0.3 is 9.84 Å². The van der Waals surface area contributed by atoms with E-state index in [2.05, 4.69) is 6.92 Å². The molecule has 2 aromatic carbocycles. The van der Waals surface area contributed by atoms with Crippen LogP contribution in [0.3, 0.4) is 0 Å². The van der Waals surface area contributed by atoms with Gasteiger partial charge in [-0.15, -0.1) is 0 Å². The van der Waals surface area contributed by atoms with E-state index in [0.29, 0.717) is 0 Å². The minimum Gasteiger partial charge on any atom is -0.870 e. The van der Waals surface area contributed by atoms with Gasteiger partial charge in [-0.3, -0.25) is 4.55 Å². The first-order chi connectivity index (χ1) is 14.9. The monoisotopic (exact) mass is 470 g/mol. The van der Waals surface area contributed by atoms with Gasteiger partial charge in [-0.05, 0) is 36.6 Å². The second kappa shape index (κ2) is 15.7. The first kappa shape index (κ1) is 29.0. The zero-order valence-electron chi connectivity index (χ0n) is 19.5. The number of benzene rings is 2. The fourth-order valence-electron chi connectivity index (χ4n) is 3.61. The van der Waals surface area contributed by atoms with E-state index in [1.165, 1.54) is 88.5 Å². The van der Waals surface area contributed by atoms with E-state index in [1.807, 2.05) is 6.07 Å². The molecule has 2 rings (SSSR count). The van der Waals surface area contributed by atoms with Crippen LogP contribution in [0.5, 0.6) is 17.2 Å². The van der Waals surface area contributed by atoms with Crippen molar-refractivity contribution in [2.75, 3.05) is 0 Å². The molecule has 0 aliphatic carbocycles. The molecule has 1 N–H and O–H groups in total. The molecular formula is C25H35NaO5S. The van der Waals surface area contributed by atoms with Crippen LogP contribution in [0, 0.1) is 0 Å². The first-order valence-corrected chi connectivity index (χ1v) is 12.9. The fourth-order valence-corrected chi connectivity index (χ4v) is 4.13. The maximum atomic E-state index is 12.3. The van der Waals surface area contributed by atoms with E-state index in [-0.39, 0.29) is 51.7 Å². The summed E-state index contributed by atoms with van der Waals surface area (Å²) in [6.45, 7) is 2.25. The van der Waals surface area contributed by atoms with Gasteiger partial charge in [0.1, 0.15) is 11.5 Å². The molecule has 0 bridgehead atoms. The Labute approximate surface area is 215 Å². The minimum atomic E-state index is -4.32. The summed E-state index contributed by atoms with van der Waals surface area (Å²) in [7, 11) is -4.32. The Morgan fingerprint density at radius 3 is 2.00 bits per heavy atom. The van der Waals surface area contributed by atoms with E-state index in [4.69, 9.17) is 9.29 Å². The summed E-state index contributed by atoms with van der Waals surface area (Å²) in [6.07, 6.45) is 15.1. The van der Waals surface area contributed by atoms with Crippen molar-refractivity contribution < 1.29 is 52.4 Å². The SMILES string of the molecule is CCCCCCCCCCCCCc1ccc(Oc2cccc(S(=O)(=O)O)c2)c([O-])c1.[Na+]. The summed E-state index contributed by atoms with van der Waals surface area (Å²) in [6, 6.07) is 10.5. The van der Waals surface area contributed by atoms with E-state index >= 15 is 0 Å². The number of hydrogen-bond donors (Lipinski definition) is 1. The van der Waals surface area contributed by atoms with Crippen molar-refractivity contribution in [3.8, 4) is 17.2 Å². The van der Waals surface area contributed by atoms with E-state index < -0.39 is 10.1 Å². The second-order valence-corrected chi connectivity index (χ2v) is 9.54. The van der Waals surface area contributed by atoms with Gasteiger partial charge in [-0.2, -0.15) is 8.42 Å². The molecule has 0 aliphatic heterocycles. The third-order valence-corrected chi connectivity index (χ3v) is 6.26. The van der Waals surface area contributed by atoms with Crippen LogP contribution in [0.15, 0.2) is 47.4 Å². The molecule has 0 fully saturated rings. The minimum absolute atomic E-state index is 0. The van der Waals surface area contributed by atoms with Gasteiger partial charge in [0.05, 0.1) is 4.90 Å². The molecule has 7 heteroatoms. The third kappa shape index (κ3) is 11.2. The zero-order chi connectivity index (χ0) is 22.5. The van der Waals surface area contributed by atoms with Crippen LogP contribution in [0.4, 0.5) is 0 Å². The van der Waals surface area contributed by atoms with Gasteiger partial charge >= 0.3 is 29.6 Å². The molecule has 0 amide bonds. The van der Waals surface area contributed by atoms with Crippen molar-refractivity contribution in [2.45, 2.75) is 88.9 Å². The maximum absolute atomic E-state index is 12.3. The average Bonchev–Trinajstić information content (AvgIpc) is 2.73. The zero-order valence-corrected chi connectivity index (χ0v) is 22.3. The van der Waals surface area contributed by atoms with Crippen LogP contribution >= 0.6 is 0 Å². The molecule has 0 heterocycles. The number of hydrogen-bond acceptors (Lipinski definition) is 4. The van der Waals surface area contributed by atoms with Crippen LogP contribution in [-0.2, 0) is 16.5 Å². The summed E-state index contributed by atoms with van der Waals surface area (Å²) < 4.78 is 37.1. The molecule has 0 unspecified atom stereocenters. The van der Waals surface area contributed by atoms with E-state index in [1.54, 1.807) is 12.1 Å². The summed E-state index contributed by atoms with van der Waals surface area (Å²) in [4.78, 5) is -0.273. The topological polar surface area (TPSA) is 86.7 Å². The van der Waals surface area contributed by atoms with Crippen LogP contribution in [-0.4, -0.2) is 13.0 Å². The number of unbranched alkanes of at least 4 members (excludes halogenated alkanes) is 10. The van der Waals surface area contributed by atoms with Gasteiger partial charge in [0, 0.05) is 6.07 Å². The molecular weight excluding hydrogens is 435 g/mol. The predicted molar refractivity (Wildman–Crippen MR) is 122 cm³/mol. The number of ether oxygens (including phenoxy) is 1. The van der Waals surface area contributed by atoms with Gasteiger partial charge in [0.2, 0.25) is 0 Å². The quantitative estimate of drug-likeness (QED) is 0.244. The number of rotatable bonds is 15. The Bertz CT molecular complexity index is 899. The molecule has 0 radical (unpaired) electrons. The largest absolute Gasteiger partial charge is 1.00 e. The summed E-state index contributed by atoms with van der Waals surface area (Å²) in [5.74, 6) is 0.0818. The summed E-state index contributed by atoms with van der Waals surface area (Å²) in [5, 5.41) is 12.3. The van der Waals surface area contributed by atoms with Gasteiger partial charge in [0.15, 0.2) is 0 Å². The maximum Gasteiger partial charge on any atom is 1.00 e. The van der Waals surface area contributed by atoms with Crippen LogP contribution in [0.1, 0.15) is 83.1 Å². The van der Waals surface area contributed by atoms with E-state index in [9.17, 15) is 13.5 Å². The Morgan fingerprint density at radius 1 is 0.844 bits per heavy atom. The van der Waals surface area contributed by atoms with Crippen molar-refractivity contribution in [1.29, 1.82) is 0 Å². The normalized spacial score (nSPS) is 11.2. The summed E-state index contributed by atoms with van der Waals surface area (Å²) >= 11 is 0. The Kier molecular flexibility index (Phi) is 14.2. The first-order valence-electron chi connectivity index (χ1n) is 11.5. The molecule has 2 aromatic rings. The molecule has 32 heavy (non-hydrogen) atoms. The molecule has 0 aromatic heterocycles. The standard InChI is InChI=1S/C25H36O5S.Na/c1-2-3-4-5-6-7-8-9-10-11-12-14-21-17-18-25(24(26)19-21)30-22-15-13-16-23(20-22)31(27,28)29;/h13,15-20,26H,2-12,14H2,1H3,(H,27,28,29);/q;+1/p-1. The van der Waals surface area contributed by atoms with E-state index in [0.717, 1.165) is 18.4 Å². The van der Waals surface area contributed by atoms with Gasteiger partial charge in [-0.25, -0.2) is 0 Å². The van der Waals surface area contributed by atoms with Gasteiger partial charge in [-0.1, -0.05) is 95.1 Å². The van der Waals surface area contributed by atoms with Crippen molar-refractivity contribution in [1.82, 2.24) is 0 Å². The third-order valence-electron chi connectivity index (χ3n) is 5.41. The average molecular weight is 471 g/mol. The van der Waals surface area contributed by atoms with Crippen molar-refractivity contribution in [3.05, 3.63) is 48.0 Å². The molecule has 0 saturated heterocycles. The molecule has 5 nitrogen and oxygen atoms in total. The molecule has 0 atom stereocenters. The van der Waals surface area contributed by atoms with Crippen LogP contribution in [0.2, 0.25) is 0 Å². The van der Waals surface area contributed by atoms with Crippen LogP contribution in [0.25, 0.3) is 0 Å². The number of aryl methyl sites for hydroxylation is 1. The van der Waals surface area contributed by atoms with Crippen molar-refractivity contribution in [3.63, 3.8) is 0 Å². The molecule has 0 saturated carbocycles. The predicted octanol–water partition coefficient (Wildman–Crippen LogP) is 3.66. The molecule has 0 aliphatic rings. The van der Waals surface area contributed by atoms with Crippen molar-refractivity contribution >= 4 is 10.1 Å². The smallest absolute Gasteiger partial charge is 0.870 e. The van der Waals surface area contributed by atoms with Gasteiger partial charge in [0.25, 0.3) is 10.1 Å². The Morgan fingerprint density at radius 2 is 1.44 bits per heavy atom. The van der Waals surface area contributed by atoms with Crippen molar-refractivity contribution in [2.24, 2.45) is 0 Å². The Balaban J connectivity index is 0.00000512. The molecule has 172 valence electrons. The second-order valence-electron chi connectivity index (χ2n) is 8.12. The fraction of sp³-hybridized carbons (Fsp3) is 0.520.